The lowest BCUT2D eigenvalue weighted by Gasteiger charge is -2.43. The summed E-state index contributed by atoms with van der Waals surface area (Å²) in [6.07, 6.45) is 17.9. The lowest BCUT2D eigenvalue weighted by atomic mass is 9.77. The van der Waals surface area contributed by atoms with Crippen LogP contribution in [0.1, 0.15) is 78.9 Å². The predicted octanol–water partition coefficient (Wildman–Crippen LogP) is 4.60. The van der Waals surface area contributed by atoms with Gasteiger partial charge in [-0.05, 0) is 68.3 Å². The zero-order chi connectivity index (χ0) is 25.8. The first-order chi connectivity index (χ1) is 18.7. The summed E-state index contributed by atoms with van der Waals surface area (Å²) < 4.78 is 0. The van der Waals surface area contributed by atoms with Crippen molar-refractivity contribution >= 4 is 5.91 Å². The van der Waals surface area contributed by atoms with Gasteiger partial charge in [0, 0.05) is 56.0 Å². The van der Waals surface area contributed by atoms with Crippen LogP contribution in [0.2, 0.25) is 0 Å². The van der Waals surface area contributed by atoms with Gasteiger partial charge < -0.3 is 19.8 Å². The van der Waals surface area contributed by atoms with Crippen LogP contribution in [0.15, 0.2) is 49.1 Å². The Bertz CT molecular complexity index is 1110. The molecule has 8 heteroatoms. The molecule has 202 valence electrons. The number of nitrogens with zero attached hydrogens (tertiary/aromatic N) is 5. The van der Waals surface area contributed by atoms with Crippen LogP contribution >= 0.6 is 0 Å². The van der Waals surface area contributed by atoms with E-state index in [1.807, 2.05) is 24.5 Å². The maximum absolute atomic E-state index is 13.4. The Labute approximate surface area is 225 Å². The standard InChI is InChI=1S/C30H41N7O/c38-29(37-19-12-30(23-37)10-17-36(18-11-30)26-4-2-1-3-5-26)25-8-6-24(7-9-25)20-35(21-27-31-13-14-32-27)22-28-33-15-16-34-28/h6-9,13-16,26H,1-5,10-12,17-23H2,(H,31,32)(H,33,34). The van der Waals surface area contributed by atoms with Gasteiger partial charge in [-0.3, -0.25) is 9.69 Å². The monoisotopic (exact) mass is 515 g/mol. The second-order valence-corrected chi connectivity index (χ2v) is 11.7. The maximum Gasteiger partial charge on any atom is 0.253 e. The Morgan fingerprint density at radius 3 is 2.11 bits per heavy atom. The van der Waals surface area contributed by atoms with E-state index in [4.69, 9.17) is 0 Å². The fraction of sp³-hybridized carbons (Fsp3) is 0.567. The molecule has 6 rings (SSSR count). The summed E-state index contributed by atoms with van der Waals surface area (Å²) in [5.74, 6) is 2.04. The molecule has 2 saturated heterocycles. The molecule has 1 aromatic carbocycles. The van der Waals surface area contributed by atoms with Crippen molar-refractivity contribution in [1.82, 2.24) is 34.6 Å². The topological polar surface area (TPSA) is 84.1 Å². The van der Waals surface area contributed by atoms with Crippen LogP contribution < -0.4 is 0 Å². The van der Waals surface area contributed by atoms with Crippen LogP contribution in [0.25, 0.3) is 0 Å². The number of hydrogen-bond donors (Lipinski definition) is 2. The van der Waals surface area contributed by atoms with Gasteiger partial charge in [0.2, 0.25) is 0 Å². The number of amides is 1. The largest absolute Gasteiger partial charge is 0.348 e. The van der Waals surface area contributed by atoms with E-state index in [1.165, 1.54) is 63.6 Å². The van der Waals surface area contributed by atoms with Crippen molar-refractivity contribution in [1.29, 1.82) is 0 Å². The molecule has 0 unspecified atom stereocenters. The number of aromatic amines is 2. The molecule has 1 saturated carbocycles. The number of aromatic nitrogens is 4. The summed E-state index contributed by atoms with van der Waals surface area (Å²) in [5, 5.41) is 0. The van der Waals surface area contributed by atoms with E-state index in [1.54, 1.807) is 12.4 Å². The molecule has 1 spiro atoms. The molecular formula is C30H41N7O. The Morgan fingerprint density at radius 2 is 1.50 bits per heavy atom. The quantitative estimate of drug-likeness (QED) is 0.458. The van der Waals surface area contributed by atoms with Crippen molar-refractivity contribution < 1.29 is 4.79 Å². The average Bonchev–Trinajstić information content (AvgIpc) is 3.74. The lowest BCUT2D eigenvalue weighted by Crippen LogP contribution is -2.47. The number of piperidine rings is 1. The molecule has 0 radical (unpaired) electrons. The van der Waals surface area contributed by atoms with Gasteiger partial charge in [0.25, 0.3) is 5.91 Å². The number of rotatable bonds is 8. The highest BCUT2D eigenvalue weighted by molar-refractivity contribution is 5.94. The van der Waals surface area contributed by atoms with Gasteiger partial charge in [0.05, 0.1) is 13.1 Å². The fourth-order valence-electron chi connectivity index (χ4n) is 6.88. The number of benzene rings is 1. The number of carbonyl (C=O) groups excluding carboxylic acids is 1. The van der Waals surface area contributed by atoms with E-state index in [0.717, 1.165) is 49.3 Å². The molecule has 3 aliphatic rings. The predicted molar refractivity (Wildman–Crippen MR) is 147 cm³/mol. The Balaban J connectivity index is 1.04. The Kier molecular flexibility index (Phi) is 7.60. The van der Waals surface area contributed by atoms with Crippen molar-refractivity contribution in [2.45, 2.75) is 77.0 Å². The van der Waals surface area contributed by atoms with Crippen LogP contribution in [-0.2, 0) is 19.6 Å². The lowest BCUT2D eigenvalue weighted by molar-refractivity contribution is 0.0565. The highest BCUT2D eigenvalue weighted by Crippen LogP contribution is 2.42. The summed E-state index contributed by atoms with van der Waals surface area (Å²) >= 11 is 0. The zero-order valence-corrected chi connectivity index (χ0v) is 22.4. The normalized spacial score (nSPS) is 20.5. The van der Waals surface area contributed by atoms with Gasteiger partial charge in [0.1, 0.15) is 11.6 Å². The van der Waals surface area contributed by atoms with Gasteiger partial charge in [0.15, 0.2) is 0 Å². The van der Waals surface area contributed by atoms with E-state index < -0.39 is 0 Å². The first-order valence-corrected chi connectivity index (χ1v) is 14.5. The van der Waals surface area contributed by atoms with Gasteiger partial charge in [-0.25, -0.2) is 9.97 Å². The third-order valence-electron chi connectivity index (χ3n) is 9.14. The summed E-state index contributed by atoms with van der Waals surface area (Å²) in [5.41, 5.74) is 2.31. The van der Waals surface area contributed by atoms with Crippen LogP contribution in [0.4, 0.5) is 0 Å². The van der Waals surface area contributed by atoms with E-state index in [9.17, 15) is 4.79 Å². The summed E-state index contributed by atoms with van der Waals surface area (Å²) in [6.45, 7) is 6.39. The molecule has 0 bridgehead atoms. The third-order valence-corrected chi connectivity index (χ3v) is 9.14. The number of nitrogens with one attached hydrogen (secondary N) is 2. The van der Waals surface area contributed by atoms with Crippen LogP contribution in [0.3, 0.4) is 0 Å². The molecule has 4 heterocycles. The van der Waals surface area contributed by atoms with E-state index in [0.29, 0.717) is 18.5 Å². The first kappa shape index (κ1) is 25.3. The van der Waals surface area contributed by atoms with Crippen LogP contribution in [0, 0.1) is 5.41 Å². The molecule has 0 atom stereocenters. The van der Waals surface area contributed by atoms with Gasteiger partial charge >= 0.3 is 0 Å². The molecule has 2 aliphatic heterocycles. The Morgan fingerprint density at radius 1 is 0.868 bits per heavy atom. The minimum atomic E-state index is 0.186. The first-order valence-electron chi connectivity index (χ1n) is 14.5. The zero-order valence-electron chi connectivity index (χ0n) is 22.4. The van der Waals surface area contributed by atoms with Gasteiger partial charge in [-0.2, -0.15) is 0 Å². The van der Waals surface area contributed by atoms with Gasteiger partial charge in [-0.1, -0.05) is 31.4 Å². The molecule has 2 N–H and O–H groups in total. The van der Waals surface area contributed by atoms with Crippen molar-refractivity contribution in [2.24, 2.45) is 5.41 Å². The van der Waals surface area contributed by atoms with Crippen molar-refractivity contribution in [2.75, 3.05) is 26.2 Å². The molecule has 1 amide bonds. The van der Waals surface area contributed by atoms with Crippen molar-refractivity contribution in [3.05, 3.63) is 71.8 Å². The Hall–Kier alpha value is -2.97. The van der Waals surface area contributed by atoms with E-state index >= 15 is 0 Å². The van der Waals surface area contributed by atoms with Crippen LogP contribution in [0.5, 0.6) is 0 Å². The SMILES string of the molecule is O=C(c1ccc(CN(Cc2ncc[nH]2)Cc2ncc[nH]2)cc1)N1CCC2(CCN(C3CCCCC3)CC2)C1. The van der Waals surface area contributed by atoms with Crippen LogP contribution in [-0.4, -0.2) is 72.8 Å². The molecule has 38 heavy (non-hydrogen) atoms. The van der Waals surface area contributed by atoms with E-state index in [-0.39, 0.29) is 5.91 Å². The highest BCUT2D eigenvalue weighted by atomic mass is 16.2. The number of carbonyl (C=O) groups is 1. The van der Waals surface area contributed by atoms with Gasteiger partial charge in [-0.15, -0.1) is 0 Å². The molecule has 1 aliphatic carbocycles. The number of imidazole rings is 2. The summed E-state index contributed by atoms with van der Waals surface area (Å²) in [7, 11) is 0. The molecule has 3 fully saturated rings. The minimum Gasteiger partial charge on any atom is -0.348 e. The molecule has 8 nitrogen and oxygen atoms in total. The summed E-state index contributed by atoms with van der Waals surface area (Å²) in [6, 6.07) is 9.02. The molecular weight excluding hydrogens is 474 g/mol. The highest BCUT2D eigenvalue weighted by Gasteiger charge is 2.43. The van der Waals surface area contributed by atoms with E-state index in [2.05, 4.69) is 46.8 Å². The molecule has 2 aromatic heterocycles. The summed E-state index contributed by atoms with van der Waals surface area (Å²) in [4.78, 5) is 35.8. The van der Waals surface area contributed by atoms with Crippen molar-refractivity contribution in [3.63, 3.8) is 0 Å². The maximum atomic E-state index is 13.4. The van der Waals surface area contributed by atoms with Crippen molar-refractivity contribution in [3.8, 4) is 0 Å². The smallest absolute Gasteiger partial charge is 0.253 e. The fourth-order valence-corrected chi connectivity index (χ4v) is 6.88. The number of likely N-dealkylation sites (tertiary alicyclic amines) is 2. The number of H-pyrrole nitrogens is 2. The number of hydrogen-bond acceptors (Lipinski definition) is 5. The third kappa shape index (κ3) is 5.86. The average molecular weight is 516 g/mol. The molecule has 3 aromatic rings. The second kappa shape index (κ2) is 11.4. The second-order valence-electron chi connectivity index (χ2n) is 11.7. The minimum absolute atomic E-state index is 0.186.